The zero-order valence-electron chi connectivity index (χ0n) is 13.3. The second-order valence-corrected chi connectivity index (χ2v) is 6.52. The van der Waals surface area contributed by atoms with Gasteiger partial charge in [-0.1, -0.05) is 6.07 Å². The maximum Gasteiger partial charge on any atom is 0.317 e. The molecule has 5 nitrogen and oxygen atoms in total. The van der Waals surface area contributed by atoms with Gasteiger partial charge in [0.25, 0.3) is 0 Å². The molecule has 6 heteroatoms. The number of carbonyl (C=O) groups excluding carboxylic acids is 1. The lowest BCUT2D eigenvalue weighted by Crippen LogP contribution is -2.52. The Morgan fingerprint density at radius 1 is 1.30 bits per heavy atom. The van der Waals surface area contributed by atoms with Crippen LogP contribution in [0.25, 0.3) is 0 Å². The zero-order chi connectivity index (χ0) is 16.1. The smallest absolute Gasteiger partial charge is 0.317 e. The van der Waals surface area contributed by atoms with Crippen LogP contribution in [0.1, 0.15) is 24.2 Å². The van der Waals surface area contributed by atoms with Crippen LogP contribution in [0.2, 0.25) is 0 Å². The Bertz CT molecular complexity index is 609. The maximum absolute atomic E-state index is 12.2. The molecule has 0 spiro atoms. The molecule has 122 valence electrons. The molecule has 23 heavy (non-hydrogen) atoms. The number of pyridine rings is 1. The van der Waals surface area contributed by atoms with Gasteiger partial charge in [-0.2, -0.15) is 11.3 Å². The Labute approximate surface area is 140 Å². The van der Waals surface area contributed by atoms with Crippen molar-refractivity contribution in [2.24, 2.45) is 0 Å². The Balaban J connectivity index is 1.47. The quantitative estimate of drug-likeness (QED) is 0.938. The van der Waals surface area contributed by atoms with Crippen molar-refractivity contribution in [2.45, 2.75) is 19.5 Å². The van der Waals surface area contributed by atoms with Crippen LogP contribution < -0.4 is 5.32 Å². The highest BCUT2D eigenvalue weighted by molar-refractivity contribution is 7.07. The van der Waals surface area contributed by atoms with E-state index in [1.54, 1.807) is 11.3 Å². The van der Waals surface area contributed by atoms with Gasteiger partial charge in [-0.05, 0) is 41.4 Å². The third-order valence-corrected chi connectivity index (χ3v) is 5.02. The number of nitrogens with one attached hydrogen (secondary N) is 1. The van der Waals surface area contributed by atoms with Crippen LogP contribution in [0.3, 0.4) is 0 Å². The second-order valence-electron chi connectivity index (χ2n) is 5.74. The molecule has 0 unspecified atom stereocenters. The third kappa shape index (κ3) is 4.09. The monoisotopic (exact) mass is 330 g/mol. The summed E-state index contributed by atoms with van der Waals surface area (Å²) in [4.78, 5) is 20.9. The molecule has 3 rings (SSSR count). The van der Waals surface area contributed by atoms with E-state index in [2.05, 4.69) is 33.6 Å². The number of piperazine rings is 1. The molecule has 2 amide bonds. The molecular formula is C17H22N4OS. The summed E-state index contributed by atoms with van der Waals surface area (Å²) in [5.74, 6) is 0. The van der Waals surface area contributed by atoms with Crippen molar-refractivity contribution in [3.05, 3.63) is 52.5 Å². The third-order valence-electron chi connectivity index (χ3n) is 4.29. The van der Waals surface area contributed by atoms with Crippen molar-refractivity contribution in [2.75, 3.05) is 26.2 Å². The number of thiophene rings is 1. The summed E-state index contributed by atoms with van der Waals surface area (Å²) >= 11 is 1.65. The van der Waals surface area contributed by atoms with Crippen LogP contribution in [0.4, 0.5) is 4.79 Å². The molecule has 0 aromatic carbocycles. The lowest BCUT2D eigenvalue weighted by Gasteiger charge is -2.37. The zero-order valence-corrected chi connectivity index (χ0v) is 14.1. The van der Waals surface area contributed by atoms with Crippen molar-refractivity contribution >= 4 is 17.4 Å². The van der Waals surface area contributed by atoms with Crippen molar-refractivity contribution in [3.8, 4) is 0 Å². The highest BCUT2D eigenvalue weighted by atomic mass is 32.1. The number of amides is 2. The molecule has 1 atom stereocenters. The number of urea groups is 1. The summed E-state index contributed by atoms with van der Waals surface area (Å²) in [5, 5.41) is 7.08. The van der Waals surface area contributed by atoms with Crippen molar-refractivity contribution < 1.29 is 4.79 Å². The van der Waals surface area contributed by atoms with Crippen LogP contribution in [-0.4, -0.2) is 47.0 Å². The van der Waals surface area contributed by atoms with Gasteiger partial charge in [0.2, 0.25) is 0 Å². The lowest BCUT2D eigenvalue weighted by molar-refractivity contribution is 0.112. The molecule has 2 aromatic heterocycles. The van der Waals surface area contributed by atoms with E-state index < -0.39 is 0 Å². The second kappa shape index (κ2) is 7.57. The molecule has 0 saturated carbocycles. The van der Waals surface area contributed by atoms with Gasteiger partial charge >= 0.3 is 6.03 Å². The minimum atomic E-state index is 0.0290. The first kappa shape index (κ1) is 16.0. The normalized spacial score (nSPS) is 17.0. The van der Waals surface area contributed by atoms with E-state index >= 15 is 0 Å². The first-order chi connectivity index (χ1) is 11.2. The van der Waals surface area contributed by atoms with Gasteiger partial charge in [0, 0.05) is 45.0 Å². The fourth-order valence-corrected chi connectivity index (χ4v) is 3.47. The number of carbonyl (C=O) groups is 1. The average molecular weight is 330 g/mol. The number of hydrogen-bond donors (Lipinski definition) is 1. The predicted octanol–water partition coefficient (Wildman–Crippen LogP) is 2.73. The minimum Gasteiger partial charge on any atom is -0.334 e. The van der Waals surface area contributed by atoms with Crippen LogP contribution in [0.15, 0.2) is 41.2 Å². The molecule has 1 aliphatic heterocycles. The van der Waals surface area contributed by atoms with E-state index in [1.165, 1.54) is 0 Å². The molecule has 1 fully saturated rings. The van der Waals surface area contributed by atoms with E-state index in [-0.39, 0.29) is 12.1 Å². The van der Waals surface area contributed by atoms with Gasteiger partial charge in [0.1, 0.15) is 0 Å². The largest absolute Gasteiger partial charge is 0.334 e. The Morgan fingerprint density at radius 2 is 2.13 bits per heavy atom. The van der Waals surface area contributed by atoms with Crippen molar-refractivity contribution in [3.63, 3.8) is 0 Å². The van der Waals surface area contributed by atoms with Gasteiger partial charge in [-0.3, -0.25) is 9.88 Å². The van der Waals surface area contributed by atoms with E-state index in [9.17, 15) is 4.79 Å². The predicted molar refractivity (Wildman–Crippen MR) is 92.4 cm³/mol. The van der Waals surface area contributed by atoms with Crippen LogP contribution in [-0.2, 0) is 6.54 Å². The van der Waals surface area contributed by atoms with Gasteiger partial charge < -0.3 is 10.2 Å². The summed E-state index contributed by atoms with van der Waals surface area (Å²) in [6.07, 6.45) is 1.83. The molecular weight excluding hydrogens is 308 g/mol. The molecule has 2 aromatic rings. The first-order valence-electron chi connectivity index (χ1n) is 7.93. The van der Waals surface area contributed by atoms with Crippen LogP contribution in [0.5, 0.6) is 0 Å². The molecule has 3 heterocycles. The van der Waals surface area contributed by atoms with Crippen molar-refractivity contribution in [1.29, 1.82) is 0 Å². The Hall–Kier alpha value is -1.92. The minimum absolute atomic E-state index is 0.0290. The van der Waals surface area contributed by atoms with Crippen molar-refractivity contribution in [1.82, 2.24) is 20.1 Å². The number of hydrogen-bond acceptors (Lipinski definition) is 4. The molecule has 1 N–H and O–H groups in total. The summed E-state index contributed by atoms with van der Waals surface area (Å²) in [7, 11) is 0. The fraction of sp³-hybridized carbons (Fsp3) is 0.412. The van der Waals surface area contributed by atoms with E-state index in [0.29, 0.717) is 6.54 Å². The summed E-state index contributed by atoms with van der Waals surface area (Å²) in [6, 6.07) is 8.37. The first-order valence-corrected chi connectivity index (χ1v) is 8.87. The molecule has 0 aliphatic carbocycles. The fourth-order valence-electron chi connectivity index (χ4n) is 2.81. The molecule has 0 radical (unpaired) electrons. The highest BCUT2D eigenvalue weighted by Crippen LogP contribution is 2.19. The SMILES string of the molecule is C[C@@H](c1ccccn1)N1CCN(C(=O)NCc2ccsc2)CC1. The number of rotatable bonds is 4. The van der Waals surface area contributed by atoms with E-state index in [0.717, 1.165) is 37.4 Å². The maximum atomic E-state index is 12.2. The average Bonchev–Trinajstić information content (AvgIpc) is 3.13. The molecule has 0 bridgehead atoms. The van der Waals surface area contributed by atoms with Gasteiger partial charge in [0.15, 0.2) is 0 Å². The summed E-state index contributed by atoms with van der Waals surface area (Å²) in [5.41, 5.74) is 2.24. The van der Waals surface area contributed by atoms with Gasteiger partial charge in [-0.25, -0.2) is 4.79 Å². The van der Waals surface area contributed by atoms with E-state index in [1.807, 2.05) is 34.7 Å². The lowest BCUT2D eigenvalue weighted by atomic mass is 10.1. The van der Waals surface area contributed by atoms with Gasteiger partial charge in [-0.15, -0.1) is 0 Å². The van der Waals surface area contributed by atoms with Crippen LogP contribution >= 0.6 is 11.3 Å². The Kier molecular flexibility index (Phi) is 5.25. The van der Waals surface area contributed by atoms with Crippen LogP contribution in [0, 0.1) is 0 Å². The molecule has 1 saturated heterocycles. The summed E-state index contributed by atoms with van der Waals surface area (Å²) in [6.45, 7) is 6.05. The van der Waals surface area contributed by atoms with Gasteiger partial charge in [0.05, 0.1) is 5.69 Å². The Morgan fingerprint density at radius 3 is 2.78 bits per heavy atom. The number of nitrogens with zero attached hydrogens (tertiary/aromatic N) is 3. The summed E-state index contributed by atoms with van der Waals surface area (Å²) < 4.78 is 0. The molecule has 1 aliphatic rings. The number of aromatic nitrogens is 1. The topological polar surface area (TPSA) is 48.5 Å². The highest BCUT2D eigenvalue weighted by Gasteiger charge is 2.25. The standard InChI is InChI=1S/C17H22N4OS/c1-14(16-4-2-3-6-18-16)20-7-9-21(10-8-20)17(22)19-12-15-5-11-23-13-15/h2-6,11,13-14H,7-10,12H2,1H3,(H,19,22)/t14-/m0/s1. The van der Waals surface area contributed by atoms with E-state index in [4.69, 9.17) is 0 Å².